The molecule has 1 fully saturated rings. The summed E-state index contributed by atoms with van der Waals surface area (Å²) in [6, 6.07) is 10.7. The minimum atomic E-state index is -0.402. The molecule has 0 aliphatic carbocycles. The van der Waals surface area contributed by atoms with Crippen LogP contribution in [0, 0.1) is 0 Å². The lowest BCUT2D eigenvalue weighted by Gasteiger charge is -2.29. The van der Waals surface area contributed by atoms with Crippen LogP contribution in [0.3, 0.4) is 0 Å². The molecule has 0 radical (unpaired) electrons. The standard InChI is InChI=1S/C20H22N6O2S/c27-15-6-4-10-26(12-15)11-14-5-3-8-17(22-14)24-20(28)25-18-13-29-19(23-18)16-7-1-2-9-21-16/h1-3,5,7-9,13,15,27H,4,6,10-12H2,(H2,22,24,25,28). The van der Waals surface area contributed by atoms with Crippen molar-refractivity contribution in [1.29, 1.82) is 0 Å². The minimum absolute atomic E-state index is 0.273. The van der Waals surface area contributed by atoms with Gasteiger partial charge in [0.1, 0.15) is 16.6 Å². The Hall–Kier alpha value is -2.88. The second-order valence-electron chi connectivity index (χ2n) is 6.88. The zero-order valence-electron chi connectivity index (χ0n) is 15.8. The number of urea groups is 1. The largest absolute Gasteiger partial charge is 0.392 e. The number of rotatable bonds is 5. The lowest BCUT2D eigenvalue weighted by atomic mass is 10.1. The number of likely N-dealkylation sites (tertiary alicyclic amines) is 1. The monoisotopic (exact) mass is 410 g/mol. The van der Waals surface area contributed by atoms with Crippen molar-refractivity contribution in [2.45, 2.75) is 25.5 Å². The Kier molecular flexibility index (Phi) is 6.09. The summed E-state index contributed by atoms with van der Waals surface area (Å²) in [5.41, 5.74) is 1.62. The number of amides is 2. The van der Waals surface area contributed by atoms with Gasteiger partial charge in [0.25, 0.3) is 0 Å². The van der Waals surface area contributed by atoms with E-state index in [0.29, 0.717) is 24.7 Å². The predicted molar refractivity (Wildman–Crippen MR) is 113 cm³/mol. The molecule has 4 heterocycles. The van der Waals surface area contributed by atoms with Crippen LogP contribution < -0.4 is 10.6 Å². The molecule has 0 saturated carbocycles. The van der Waals surface area contributed by atoms with E-state index in [0.717, 1.165) is 35.8 Å². The van der Waals surface area contributed by atoms with E-state index < -0.39 is 6.03 Å². The lowest BCUT2D eigenvalue weighted by molar-refractivity contribution is 0.0662. The van der Waals surface area contributed by atoms with Crippen LogP contribution in [-0.4, -0.2) is 50.2 Å². The Morgan fingerprint density at radius 3 is 2.90 bits per heavy atom. The molecule has 8 nitrogen and oxygen atoms in total. The van der Waals surface area contributed by atoms with Crippen LogP contribution in [0.2, 0.25) is 0 Å². The molecule has 0 spiro atoms. The van der Waals surface area contributed by atoms with Crippen molar-refractivity contribution in [3.63, 3.8) is 0 Å². The van der Waals surface area contributed by atoms with E-state index in [-0.39, 0.29) is 6.10 Å². The van der Waals surface area contributed by atoms with Crippen LogP contribution in [0.5, 0.6) is 0 Å². The molecule has 3 aromatic heterocycles. The van der Waals surface area contributed by atoms with Gasteiger partial charge in [-0.15, -0.1) is 11.3 Å². The third-order valence-electron chi connectivity index (χ3n) is 4.54. The minimum Gasteiger partial charge on any atom is -0.392 e. The first kappa shape index (κ1) is 19.4. The smallest absolute Gasteiger partial charge is 0.326 e. The molecule has 4 rings (SSSR count). The molecule has 3 aromatic rings. The number of aliphatic hydroxyl groups is 1. The highest BCUT2D eigenvalue weighted by atomic mass is 32.1. The van der Waals surface area contributed by atoms with Gasteiger partial charge in [0.05, 0.1) is 17.5 Å². The summed E-state index contributed by atoms with van der Waals surface area (Å²) in [5.74, 6) is 0.935. The average molecular weight is 411 g/mol. The number of anilines is 2. The highest BCUT2D eigenvalue weighted by molar-refractivity contribution is 7.13. The van der Waals surface area contributed by atoms with Gasteiger partial charge in [-0.05, 0) is 43.7 Å². The van der Waals surface area contributed by atoms with Crippen molar-refractivity contribution in [3.8, 4) is 10.7 Å². The Bertz CT molecular complexity index is 964. The molecule has 9 heteroatoms. The van der Waals surface area contributed by atoms with E-state index in [4.69, 9.17) is 0 Å². The van der Waals surface area contributed by atoms with E-state index in [9.17, 15) is 9.90 Å². The van der Waals surface area contributed by atoms with Crippen molar-refractivity contribution in [2.75, 3.05) is 23.7 Å². The van der Waals surface area contributed by atoms with Gasteiger partial charge in [0, 0.05) is 24.7 Å². The Balaban J connectivity index is 1.34. The van der Waals surface area contributed by atoms with E-state index in [2.05, 4.69) is 30.5 Å². The molecule has 2 amide bonds. The topological polar surface area (TPSA) is 103 Å². The van der Waals surface area contributed by atoms with Crippen molar-refractivity contribution in [3.05, 3.63) is 53.7 Å². The van der Waals surface area contributed by atoms with Crippen molar-refractivity contribution < 1.29 is 9.90 Å². The molecule has 1 aliphatic heterocycles. The second-order valence-corrected chi connectivity index (χ2v) is 7.74. The molecule has 3 N–H and O–H groups in total. The number of pyridine rings is 2. The Morgan fingerprint density at radius 2 is 2.07 bits per heavy atom. The number of aliphatic hydroxyl groups excluding tert-OH is 1. The molecular weight excluding hydrogens is 388 g/mol. The third-order valence-corrected chi connectivity index (χ3v) is 5.41. The van der Waals surface area contributed by atoms with Gasteiger partial charge in [-0.25, -0.2) is 14.8 Å². The first-order valence-electron chi connectivity index (χ1n) is 9.47. The summed E-state index contributed by atoms with van der Waals surface area (Å²) in [7, 11) is 0. The van der Waals surface area contributed by atoms with Crippen LogP contribution in [0.4, 0.5) is 16.4 Å². The van der Waals surface area contributed by atoms with Gasteiger partial charge in [-0.1, -0.05) is 12.1 Å². The van der Waals surface area contributed by atoms with Gasteiger partial charge in [0.15, 0.2) is 0 Å². The maximum absolute atomic E-state index is 12.3. The fourth-order valence-electron chi connectivity index (χ4n) is 3.24. The average Bonchev–Trinajstić information content (AvgIpc) is 3.17. The maximum Gasteiger partial charge on any atom is 0.326 e. The number of nitrogens with zero attached hydrogens (tertiary/aromatic N) is 4. The predicted octanol–water partition coefficient (Wildman–Crippen LogP) is 3.20. The summed E-state index contributed by atoms with van der Waals surface area (Å²) in [4.78, 5) is 27.7. The fourth-order valence-corrected chi connectivity index (χ4v) is 3.97. The quantitative estimate of drug-likeness (QED) is 0.597. The first-order chi connectivity index (χ1) is 14.2. The van der Waals surface area contributed by atoms with E-state index in [1.807, 2.05) is 30.3 Å². The molecule has 1 saturated heterocycles. The SMILES string of the molecule is O=C(Nc1cccc(CN2CCCC(O)C2)n1)Nc1csc(-c2ccccn2)n1. The highest BCUT2D eigenvalue weighted by Gasteiger charge is 2.18. The normalized spacial score (nSPS) is 17.1. The summed E-state index contributed by atoms with van der Waals surface area (Å²) in [6.07, 6.45) is 3.27. The summed E-state index contributed by atoms with van der Waals surface area (Å²) >= 11 is 1.42. The van der Waals surface area contributed by atoms with Crippen LogP contribution in [0.1, 0.15) is 18.5 Å². The number of thiazole rings is 1. The number of nitrogens with one attached hydrogen (secondary N) is 2. The third kappa shape index (κ3) is 5.35. The molecule has 0 bridgehead atoms. The molecular formula is C20H22N6O2S. The van der Waals surface area contributed by atoms with Gasteiger partial charge in [-0.3, -0.25) is 20.5 Å². The van der Waals surface area contributed by atoms with Crippen molar-refractivity contribution >= 4 is 29.0 Å². The van der Waals surface area contributed by atoms with Crippen LogP contribution in [0.15, 0.2) is 48.0 Å². The highest BCUT2D eigenvalue weighted by Crippen LogP contribution is 2.24. The van der Waals surface area contributed by atoms with Gasteiger partial charge < -0.3 is 5.11 Å². The fraction of sp³-hybridized carbons (Fsp3) is 0.300. The number of hydrogen-bond donors (Lipinski definition) is 3. The summed E-state index contributed by atoms with van der Waals surface area (Å²) in [5, 5.41) is 17.8. The van der Waals surface area contributed by atoms with E-state index in [1.54, 1.807) is 17.6 Å². The molecule has 0 aromatic carbocycles. The lowest BCUT2D eigenvalue weighted by Crippen LogP contribution is -2.37. The number of carbonyl (C=O) groups is 1. The molecule has 29 heavy (non-hydrogen) atoms. The van der Waals surface area contributed by atoms with Gasteiger partial charge in [-0.2, -0.15) is 0 Å². The van der Waals surface area contributed by atoms with Crippen molar-refractivity contribution in [2.24, 2.45) is 0 Å². The molecule has 1 aliphatic rings. The van der Waals surface area contributed by atoms with E-state index in [1.165, 1.54) is 11.3 Å². The summed E-state index contributed by atoms with van der Waals surface area (Å²) in [6.45, 7) is 2.25. The number of hydrogen-bond acceptors (Lipinski definition) is 7. The van der Waals surface area contributed by atoms with E-state index >= 15 is 0 Å². The van der Waals surface area contributed by atoms with Crippen LogP contribution >= 0.6 is 11.3 Å². The number of β-amino-alcohol motifs (C(OH)–C–C–N with tert-alkyl or cyclic N) is 1. The number of carbonyl (C=O) groups excluding carboxylic acids is 1. The zero-order valence-corrected chi connectivity index (χ0v) is 16.6. The zero-order chi connectivity index (χ0) is 20.1. The first-order valence-corrected chi connectivity index (χ1v) is 10.3. The maximum atomic E-state index is 12.3. The van der Waals surface area contributed by atoms with Gasteiger partial charge >= 0.3 is 6.03 Å². The van der Waals surface area contributed by atoms with Crippen molar-refractivity contribution in [1.82, 2.24) is 19.9 Å². The Morgan fingerprint density at radius 1 is 1.17 bits per heavy atom. The molecule has 1 unspecified atom stereocenters. The second kappa shape index (κ2) is 9.08. The van der Waals surface area contributed by atoms with Crippen LogP contribution in [-0.2, 0) is 6.54 Å². The van der Waals surface area contributed by atoms with Gasteiger partial charge in [0.2, 0.25) is 0 Å². The van der Waals surface area contributed by atoms with Crippen LogP contribution in [0.25, 0.3) is 10.7 Å². The summed E-state index contributed by atoms with van der Waals surface area (Å²) < 4.78 is 0. The molecule has 150 valence electrons. The number of aromatic nitrogens is 3. The Labute approximate surface area is 172 Å². The molecule has 1 atom stereocenters. The number of piperidine rings is 1.